The van der Waals surface area contributed by atoms with Crippen LogP contribution in [-0.4, -0.2) is 74.3 Å². The van der Waals surface area contributed by atoms with Crippen molar-refractivity contribution in [3.63, 3.8) is 0 Å². The summed E-state index contributed by atoms with van der Waals surface area (Å²) in [6.07, 6.45) is 71.0. The van der Waals surface area contributed by atoms with Crippen molar-refractivity contribution in [1.29, 1.82) is 0 Å². The molecule has 452 valence electrons. The van der Waals surface area contributed by atoms with Gasteiger partial charge in [0.1, 0.15) is 19.3 Å². The smallest absolute Gasteiger partial charge is 0.456 e. The minimum Gasteiger partial charge on any atom is -0.456 e. The van der Waals surface area contributed by atoms with Gasteiger partial charge >= 0.3 is 13.8 Å². The maximum Gasteiger partial charge on any atom is 0.472 e. The van der Waals surface area contributed by atoms with Gasteiger partial charge in [-0.15, -0.1) is 0 Å². The third kappa shape index (κ3) is 58.4. The van der Waals surface area contributed by atoms with Gasteiger partial charge < -0.3 is 19.4 Å². The molecule has 3 atom stereocenters. The summed E-state index contributed by atoms with van der Waals surface area (Å²) in [5.41, 5.74) is 0. The van der Waals surface area contributed by atoms with Crippen LogP contribution in [0.3, 0.4) is 0 Å². The van der Waals surface area contributed by atoms with E-state index in [2.05, 4.69) is 62.5 Å². The van der Waals surface area contributed by atoms with Crippen molar-refractivity contribution in [3.8, 4) is 0 Å². The lowest BCUT2D eigenvalue weighted by Crippen LogP contribution is -2.47. The van der Waals surface area contributed by atoms with E-state index in [0.29, 0.717) is 23.9 Å². The third-order valence-electron chi connectivity index (χ3n) is 14.8. The van der Waals surface area contributed by atoms with Crippen LogP contribution < -0.4 is 5.32 Å². The van der Waals surface area contributed by atoms with Crippen molar-refractivity contribution < 1.29 is 37.3 Å². The fraction of sp³-hybridized carbons (Fsp3) is 0.851. The van der Waals surface area contributed by atoms with E-state index in [1.165, 1.54) is 199 Å². The Labute approximate surface area is 478 Å². The molecule has 0 fully saturated rings. The number of phosphoric ester groups is 1. The molecule has 77 heavy (non-hydrogen) atoms. The van der Waals surface area contributed by atoms with E-state index in [4.69, 9.17) is 13.8 Å². The Balaban J connectivity index is 5.22. The van der Waals surface area contributed by atoms with Gasteiger partial charge in [-0.1, -0.05) is 282 Å². The highest BCUT2D eigenvalue weighted by atomic mass is 31.2. The molecule has 0 aromatic carbocycles. The Morgan fingerprint density at radius 2 is 0.792 bits per heavy atom. The maximum atomic E-state index is 13.6. The highest BCUT2D eigenvalue weighted by Crippen LogP contribution is 2.43. The van der Waals surface area contributed by atoms with Gasteiger partial charge in [0.25, 0.3) is 0 Å². The Morgan fingerprint density at radius 3 is 1.21 bits per heavy atom. The molecule has 9 nitrogen and oxygen atoms in total. The van der Waals surface area contributed by atoms with Crippen molar-refractivity contribution in [2.75, 3.05) is 40.9 Å². The molecule has 2 N–H and O–H groups in total. The van der Waals surface area contributed by atoms with E-state index in [1.807, 2.05) is 33.3 Å². The summed E-state index contributed by atoms with van der Waals surface area (Å²) in [6.45, 7) is 7.02. The quantitative estimate of drug-likeness (QED) is 0.0205. The Morgan fingerprint density at radius 1 is 0.455 bits per heavy atom. The van der Waals surface area contributed by atoms with Crippen LogP contribution in [0.4, 0.5) is 0 Å². The van der Waals surface area contributed by atoms with Gasteiger partial charge in [0.2, 0.25) is 5.91 Å². The van der Waals surface area contributed by atoms with Gasteiger partial charge in [0.15, 0.2) is 0 Å². The lowest BCUT2D eigenvalue weighted by atomic mass is 10.0. The van der Waals surface area contributed by atoms with Gasteiger partial charge in [-0.05, 0) is 70.3 Å². The van der Waals surface area contributed by atoms with Crippen LogP contribution >= 0.6 is 7.82 Å². The van der Waals surface area contributed by atoms with Crippen LogP contribution in [0.2, 0.25) is 0 Å². The zero-order chi connectivity index (χ0) is 56.4. The molecule has 0 aromatic heterocycles. The number of phosphoric acid groups is 1. The van der Waals surface area contributed by atoms with Crippen LogP contribution in [0.1, 0.15) is 316 Å². The average molecular weight is 1100 g/mol. The predicted molar refractivity (Wildman–Crippen MR) is 332 cm³/mol. The predicted octanol–water partition coefficient (Wildman–Crippen LogP) is 20.5. The molecule has 0 aliphatic rings. The molecule has 3 unspecified atom stereocenters. The standard InChI is InChI=1S/C67H127N2O7P/c1-7-10-13-16-19-22-25-28-30-32-33-34-35-37-38-41-44-47-50-53-56-59-66(70)68-64(63-75-77(72,73)74-62-61-69(4,5)6)65(58-55-52-49-46-43-40-27-24-21-18-15-12-9-3)76-67(71)60-57-54-51-48-45-42-39-36-31-29-26-23-20-17-14-11-8-2/h19,22,28,30,33-34,55,58,64-65H,7-18,20-21,23-27,29,31-32,35-54,56-57,59-63H2,1-6H3,(H-,68,70,72,73)/p+1/b22-19-,30-28-,34-33-,58-55+. The zero-order valence-electron chi connectivity index (χ0n) is 51.7. The Bertz CT molecular complexity index is 1460. The van der Waals surface area contributed by atoms with Crippen molar-refractivity contribution in [1.82, 2.24) is 5.32 Å². The highest BCUT2D eigenvalue weighted by molar-refractivity contribution is 7.47. The van der Waals surface area contributed by atoms with Crippen molar-refractivity contribution in [2.45, 2.75) is 328 Å². The van der Waals surface area contributed by atoms with Crippen molar-refractivity contribution in [3.05, 3.63) is 48.6 Å². The number of rotatable bonds is 60. The molecule has 1 amide bonds. The summed E-state index contributed by atoms with van der Waals surface area (Å²) in [6, 6.07) is -0.850. The number of hydrogen-bond donors (Lipinski definition) is 2. The number of allylic oxidation sites excluding steroid dienone is 7. The van der Waals surface area contributed by atoms with Gasteiger partial charge in [0.05, 0.1) is 33.8 Å². The third-order valence-corrected chi connectivity index (χ3v) is 15.8. The van der Waals surface area contributed by atoms with Crippen molar-refractivity contribution in [2.24, 2.45) is 0 Å². The van der Waals surface area contributed by atoms with Gasteiger partial charge in [-0.25, -0.2) is 4.57 Å². The molecule has 0 aliphatic heterocycles. The van der Waals surface area contributed by atoms with E-state index < -0.39 is 20.0 Å². The van der Waals surface area contributed by atoms with Crippen LogP contribution in [0.15, 0.2) is 48.6 Å². The first-order valence-corrected chi connectivity index (χ1v) is 34.5. The fourth-order valence-corrected chi connectivity index (χ4v) is 10.4. The molecular formula is C67H128N2O7P+. The molecule has 0 rings (SSSR count). The van der Waals surface area contributed by atoms with Gasteiger partial charge in [-0.3, -0.25) is 18.6 Å². The first-order chi connectivity index (χ1) is 37.4. The first kappa shape index (κ1) is 75.0. The number of unbranched alkanes of at least 4 members (excludes halogenated alkanes) is 38. The average Bonchev–Trinajstić information content (AvgIpc) is 3.39. The van der Waals surface area contributed by atoms with Crippen LogP contribution in [0.25, 0.3) is 0 Å². The molecule has 0 bridgehead atoms. The lowest BCUT2D eigenvalue weighted by Gasteiger charge is -2.27. The summed E-state index contributed by atoms with van der Waals surface area (Å²) >= 11 is 0. The van der Waals surface area contributed by atoms with Crippen LogP contribution in [0.5, 0.6) is 0 Å². The van der Waals surface area contributed by atoms with E-state index >= 15 is 0 Å². The molecule has 0 aliphatic carbocycles. The first-order valence-electron chi connectivity index (χ1n) is 33.0. The molecule has 0 saturated heterocycles. The summed E-state index contributed by atoms with van der Waals surface area (Å²) in [5.74, 6) is -0.499. The maximum absolute atomic E-state index is 13.6. The second-order valence-corrected chi connectivity index (χ2v) is 25.1. The van der Waals surface area contributed by atoms with Crippen LogP contribution in [-0.2, 0) is 27.9 Å². The number of esters is 1. The lowest BCUT2D eigenvalue weighted by molar-refractivity contribution is -0.870. The topological polar surface area (TPSA) is 111 Å². The van der Waals surface area contributed by atoms with Gasteiger partial charge in [0, 0.05) is 12.8 Å². The number of ether oxygens (including phenoxy) is 1. The zero-order valence-corrected chi connectivity index (χ0v) is 52.6. The second kappa shape index (κ2) is 57.2. The molecule has 0 radical (unpaired) electrons. The van der Waals surface area contributed by atoms with Gasteiger partial charge in [-0.2, -0.15) is 0 Å². The molecule has 0 aromatic rings. The molecule has 0 heterocycles. The Hall–Kier alpha value is -2.03. The molecule has 0 saturated carbocycles. The molecular weight excluding hydrogens is 976 g/mol. The van der Waals surface area contributed by atoms with E-state index in [-0.39, 0.29) is 25.1 Å². The summed E-state index contributed by atoms with van der Waals surface area (Å²) in [5, 5.41) is 3.06. The number of hydrogen-bond acceptors (Lipinski definition) is 6. The number of carbonyl (C=O) groups is 2. The second-order valence-electron chi connectivity index (χ2n) is 23.6. The van der Waals surface area contributed by atoms with E-state index in [0.717, 1.165) is 83.5 Å². The Kier molecular flexibility index (Phi) is 55.7. The number of quaternary nitrogens is 1. The molecule has 10 heteroatoms. The summed E-state index contributed by atoms with van der Waals surface area (Å²) in [7, 11) is 1.50. The number of amides is 1. The van der Waals surface area contributed by atoms with Crippen molar-refractivity contribution >= 4 is 19.7 Å². The number of nitrogens with one attached hydrogen (secondary N) is 1. The fourth-order valence-electron chi connectivity index (χ4n) is 9.65. The van der Waals surface area contributed by atoms with Crippen LogP contribution in [0, 0.1) is 0 Å². The highest BCUT2D eigenvalue weighted by Gasteiger charge is 2.30. The minimum absolute atomic E-state index is 0.0399. The largest absolute Gasteiger partial charge is 0.472 e. The summed E-state index contributed by atoms with van der Waals surface area (Å²) < 4.78 is 30.8. The summed E-state index contributed by atoms with van der Waals surface area (Å²) in [4.78, 5) is 37.8. The number of nitrogens with zero attached hydrogens (tertiary/aromatic N) is 1. The number of likely N-dealkylation sites (N-methyl/N-ethyl adjacent to an activating group) is 1. The monoisotopic (exact) mass is 1100 g/mol. The normalized spacial score (nSPS) is 13.9. The number of carbonyl (C=O) groups excluding carboxylic acids is 2. The van der Waals surface area contributed by atoms with E-state index in [1.54, 1.807) is 0 Å². The van der Waals surface area contributed by atoms with E-state index in [9.17, 15) is 19.0 Å². The SMILES string of the molecule is CCCCC/C=C\C/C=C\C/C=C\CCCCCCCCCCC(=O)NC(COP(=O)(O)OCC[N+](C)(C)C)C(/C=C/CCCCCCCCCCCCC)OC(=O)CCCCCCCCCCCCCCCCCCC. The minimum atomic E-state index is -4.45. The molecule has 0 spiro atoms.